The molecule has 0 radical (unpaired) electrons. The zero-order valence-electron chi connectivity index (χ0n) is 7.15. The van der Waals surface area contributed by atoms with Gasteiger partial charge < -0.3 is 5.11 Å². The Bertz CT molecular complexity index is 277. The van der Waals surface area contributed by atoms with Crippen molar-refractivity contribution >= 4 is 17.7 Å². The Morgan fingerprint density at radius 2 is 2.36 bits per heavy atom. The van der Waals surface area contributed by atoms with Crippen LogP contribution in [0, 0.1) is 0 Å². The molecular formula is C5H10N6O3. The van der Waals surface area contributed by atoms with Crippen LogP contribution < -0.4 is 22.2 Å². The van der Waals surface area contributed by atoms with Crippen LogP contribution in [-0.2, 0) is 9.59 Å². The van der Waals surface area contributed by atoms with Crippen molar-refractivity contribution < 1.29 is 14.7 Å². The molecule has 0 aromatic carbocycles. The van der Waals surface area contributed by atoms with Crippen LogP contribution in [0.5, 0.6) is 0 Å². The molecule has 1 rings (SSSR count). The molecule has 0 bridgehead atoms. The lowest BCUT2D eigenvalue weighted by Gasteiger charge is -2.13. The van der Waals surface area contributed by atoms with Crippen molar-refractivity contribution in [2.24, 2.45) is 10.9 Å². The summed E-state index contributed by atoms with van der Waals surface area (Å²) < 4.78 is 0. The Balaban J connectivity index is 2.31. The van der Waals surface area contributed by atoms with Gasteiger partial charge in [-0.2, -0.15) is 0 Å². The van der Waals surface area contributed by atoms with Crippen molar-refractivity contribution in [2.45, 2.75) is 6.42 Å². The first-order chi connectivity index (χ1) is 6.61. The lowest BCUT2D eigenvalue weighted by molar-refractivity contribution is -0.135. The maximum atomic E-state index is 10.8. The molecule has 0 aromatic heterocycles. The van der Waals surface area contributed by atoms with E-state index < -0.39 is 11.9 Å². The number of carbonyl (C=O) groups excluding carboxylic acids is 1. The molecule has 0 unspecified atom stereocenters. The van der Waals surface area contributed by atoms with Gasteiger partial charge in [-0.3, -0.25) is 20.4 Å². The minimum Gasteiger partial charge on any atom is -0.481 e. The molecule has 0 fully saturated rings. The maximum absolute atomic E-state index is 10.8. The fourth-order valence-corrected chi connectivity index (χ4v) is 0.813. The van der Waals surface area contributed by atoms with E-state index in [-0.39, 0.29) is 18.8 Å². The summed E-state index contributed by atoms with van der Waals surface area (Å²) in [6.07, 6.45) is -0.242. The van der Waals surface area contributed by atoms with Crippen LogP contribution in [0.1, 0.15) is 6.42 Å². The number of hydrogen-bond donors (Lipinski definition) is 5. The second-order valence-electron chi connectivity index (χ2n) is 2.49. The SMILES string of the molecule is NNC(=O)CN1NN=C(CC(=O)O)N1. The summed E-state index contributed by atoms with van der Waals surface area (Å²) in [5, 5.41) is 13.3. The highest BCUT2D eigenvalue weighted by Gasteiger charge is 2.18. The summed E-state index contributed by atoms with van der Waals surface area (Å²) in [6.45, 7) is -0.0802. The average molecular weight is 202 g/mol. The third-order valence-corrected chi connectivity index (χ3v) is 1.35. The van der Waals surface area contributed by atoms with Gasteiger partial charge in [-0.25, -0.2) is 11.4 Å². The number of hydrogen-bond acceptors (Lipinski definition) is 7. The van der Waals surface area contributed by atoms with E-state index in [0.717, 1.165) is 0 Å². The molecule has 1 heterocycles. The molecular weight excluding hydrogens is 192 g/mol. The van der Waals surface area contributed by atoms with Gasteiger partial charge in [-0.15, -0.1) is 10.2 Å². The summed E-state index contributed by atoms with van der Waals surface area (Å²) in [5.74, 6) is 3.63. The summed E-state index contributed by atoms with van der Waals surface area (Å²) in [4.78, 5) is 21.0. The predicted octanol–water partition coefficient (Wildman–Crippen LogP) is -2.91. The third kappa shape index (κ3) is 2.88. The van der Waals surface area contributed by atoms with Gasteiger partial charge >= 0.3 is 5.97 Å². The number of carboxylic acids is 1. The zero-order chi connectivity index (χ0) is 10.6. The first-order valence-corrected chi connectivity index (χ1v) is 3.69. The van der Waals surface area contributed by atoms with Gasteiger partial charge in [-0.1, -0.05) is 0 Å². The normalized spacial score (nSPS) is 15.4. The number of amidine groups is 1. The van der Waals surface area contributed by atoms with Gasteiger partial charge in [0.25, 0.3) is 5.91 Å². The number of nitrogens with two attached hydrogens (primary N) is 1. The van der Waals surface area contributed by atoms with Crippen LogP contribution >= 0.6 is 0 Å². The van der Waals surface area contributed by atoms with E-state index >= 15 is 0 Å². The largest absolute Gasteiger partial charge is 0.481 e. The fraction of sp³-hybridized carbons (Fsp3) is 0.400. The number of hydrazone groups is 1. The van der Waals surface area contributed by atoms with Crippen molar-refractivity contribution in [2.75, 3.05) is 6.54 Å². The van der Waals surface area contributed by atoms with Gasteiger partial charge in [-0.05, 0) is 0 Å². The van der Waals surface area contributed by atoms with Crippen LogP contribution in [0.4, 0.5) is 0 Å². The number of aliphatic carboxylic acids is 1. The Labute approximate surface area is 78.8 Å². The molecule has 0 saturated heterocycles. The van der Waals surface area contributed by atoms with E-state index in [2.05, 4.69) is 16.1 Å². The topological polar surface area (TPSA) is 132 Å². The molecule has 9 nitrogen and oxygen atoms in total. The number of carboxylic acid groups (broad SMARTS) is 1. The van der Waals surface area contributed by atoms with E-state index in [4.69, 9.17) is 10.9 Å². The molecule has 1 amide bonds. The lowest BCUT2D eigenvalue weighted by Crippen LogP contribution is -2.49. The molecule has 1 aliphatic rings. The van der Waals surface area contributed by atoms with Crippen molar-refractivity contribution in [1.82, 2.24) is 21.5 Å². The summed E-state index contributed by atoms with van der Waals surface area (Å²) in [6, 6.07) is 0. The quantitative estimate of drug-likeness (QED) is 0.187. The molecule has 9 heteroatoms. The molecule has 6 N–H and O–H groups in total. The van der Waals surface area contributed by atoms with E-state index in [9.17, 15) is 9.59 Å². The van der Waals surface area contributed by atoms with Gasteiger partial charge in [0.05, 0.1) is 0 Å². The first-order valence-electron chi connectivity index (χ1n) is 3.69. The molecule has 0 atom stereocenters. The summed E-state index contributed by atoms with van der Waals surface area (Å²) in [7, 11) is 0. The van der Waals surface area contributed by atoms with Crippen molar-refractivity contribution in [3.8, 4) is 0 Å². The van der Waals surface area contributed by atoms with E-state index in [0.29, 0.717) is 0 Å². The predicted molar refractivity (Wildman–Crippen MR) is 45.0 cm³/mol. The number of nitrogens with zero attached hydrogens (tertiary/aromatic N) is 2. The molecule has 1 aliphatic heterocycles. The summed E-state index contributed by atoms with van der Waals surface area (Å²) in [5.41, 5.74) is 6.89. The number of hydrazine groups is 3. The van der Waals surface area contributed by atoms with Crippen molar-refractivity contribution in [3.05, 3.63) is 0 Å². The molecule has 0 aliphatic carbocycles. The second-order valence-corrected chi connectivity index (χ2v) is 2.49. The Morgan fingerprint density at radius 3 is 2.93 bits per heavy atom. The highest BCUT2D eigenvalue weighted by atomic mass is 16.4. The van der Waals surface area contributed by atoms with Crippen LogP contribution in [-0.4, -0.2) is 34.5 Å². The first kappa shape index (κ1) is 10.2. The van der Waals surface area contributed by atoms with Gasteiger partial charge in [0.2, 0.25) is 0 Å². The van der Waals surface area contributed by atoms with E-state index in [1.54, 1.807) is 0 Å². The molecule has 0 aromatic rings. The molecule has 14 heavy (non-hydrogen) atoms. The van der Waals surface area contributed by atoms with Crippen LogP contribution in [0.15, 0.2) is 5.10 Å². The third-order valence-electron chi connectivity index (χ3n) is 1.35. The van der Waals surface area contributed by atoms with Crippen molar-refractivity contribution in [1.29, 1.82) is 0 Å². The van der Waals surface area contributed by atoms with Crippen LogP contribution in [0.25, 0.3) is 0 Å². The number of nitrogens with one attached hydrogen (secondary N) is 3. The van der Waals surface area contributed by atoms with Crippen molar-refractivity contribution in [3.63, 3.8) is 0 Å². The van der Waals surface area contributed by atoms with Gasteiger partial charge in [0, 0.05) is 0 Å². The van der Waals surface area contributed by atoms with E-state index in [1.165, 1.54) is 5.12 Å². The highest BCUT2D eigenvalue weighted by molar-refractivity contribution is 5.97. The van der Waals surface area contributed by atoms with Crippen LogP contribution in [0.3, 0.4) is 0 Å². The van der Waals surface area contributed by atoms with Crippen LogP contribution in [0.2, 0.25) is 0 Å². The highest BCUT2D eigenvalue weighted by Crippen LogP contribution is 1.91. The van der Waals surface area contributed by atoms with Gasteiger partial charge in [0.1, 0.15) is 13.0 Å². The maximum Gasteiger partial charge on any atom is 0.311 e. The second kappa shape index (κ2) is 4.39. The fourth-order valence-electron chi connectivity index (χ4n) is 0.813. The average Bonchev–Trinajstić information content (AvgIpc) is 2.51. The zero-order valence-corrected chi connectivity index (χ0v) is 7.15. The minimum atomic E-state index is -1.01. The smallest absolute Gasteiger partial charge is 0.311 e. The number of rotatable bonds is 4. The minimum absolute atomic E-state index is 0.0802. The summed E-state index contributed by atoms with van der Waals surface area (Å²) >= 11 is 0. The standard InChI is InChI=1S/C5H10N6O3/c6-7-4(12)2-11-9-3(8-10-11)1-5(13)14/h10H,1-2,6H2,(H,7,12)(H,8,9)(H,13,14). The molecule has 0 spiro atoms. The Morgan fingerprint density at radius 1 is 1.64 bits per heavy atom. The van der Waals surface area contributed by atoms with E-state index in [1.807, 2.05) is 5.43 Å². The Hall–Kier alpha value is -1.87. The number of amides is 1. The number of carbonyl (C=O) groups is 2. The Kier molecular flexibility index (Phi) is 3.20. The lowest BCUT2D eigenvalue weighted by atomic mass is 10.4. The van der Waals surface area contributed by atoms with Gasteiger partial charge in [0.15, 0.2) is 5.84 Å². The monoisotopic (exact) mass is 202 g/mol. The molecule has 78 valence electrons. The molecule has 0 saturated carbocycles.